The summed E-state index contributed by atoms with van der Waals surface area (Å²) in [4.78, 5) is 10.9. The van der Waals surface area contributed by atoms with Gasteiger partial charge in [-0.15, -0.1) is 0 Å². The Hall–Kier alpha value is -0.380. The van der Waals surface area contributed by atoms with E-state index in [4.69, 9.17) is 13.8 Å². The number of carbonyl (C=O) groups is 1. The van der Waals surface area contributed by atoms with Gasteiger partial charge in [0.1, 0.15) is 12.3 Å². The molecule has 0 radical (unpaired) electrons. The van der Waals surface area contributed by atoms with Gasteiger partial charge in [-0.25, -0.2) is 0 Å². The summed E-state index contributed by atoms with van der Waals surface area (Å²) in [5.74, 6) is -0.338. The van der Waals surface area contributed by atoms with Crippen LogP contribution in [0.4, 0.5) is 0 Å². The Morgan fingerprint density at radius 3 is 2.36 bits per heavy atom. The van der Waals surface area contributed by atoms with Crippen molar-refractivity contribution in [3.63, 3.8) is 0 Å². The lowest BCUT2D eigenvalue weighted by Gasteiger charge is -2.20. The van der Waals surface area contributed by atoms with Gasteiger partial charge in [-0.2, -0.15) is 0 Å². The van der Waals surface area contributed by atoms with Crippen LogP contribution in [-0.4, -0.2) is 31.4 Å². The van der Waals surface area contributed by atoms with Gasteiger partial charge in [-0.1, -0.05) is 0 Å². The fourth-order valence-corrected chi connectivity index (χ4v) is 3.16. The summed E-state index contributed by atoms with van der Waals surface area (Å²) in [7, 11) is -3.15. The molecule has 0 aromatic heterocycles. The number of hydrogen-bond donors (Lipinski definition) is 0. The third-order valence-corrected chi connectivity index (χ3v) is 4.37. The molecule has 1 fully saturated rings. The predicted molar refractivity (Wildman–Crippen MR) is 50.2 cm³/mol. The molecule has 0 saturated carbocycles. The van der Waals surface area contributed by atoms with Gasteiger partial charge in [0.2, 0.25) is 0 Å². The SMILES string of the molecule is CCOP(=O)(OCC)[C@@H]1COC(=O)C1. The van der Waals surface area contributed by atoms with E-state index in [1.54, 1.807) is 13.8 Å². The predicted octanol–water partition coefficient (Wildman–Crippen LogP) is 1.57. The normalized spacial score (nSPS) is 22.4. The van der Waals surface area contributed by atoms with E-state index in [1.165, 1.54) is 0 Å². The first-order chi connectivity index (χ1) is 6.62. The van der Waals surface area contributed by atoms with E-state index in [1.807, 2.05) is 0 Å². The van der Waals surface area contributed by atoms with E-state index in [-0.39, 0.29) is 19.0 Å². The average Bonchev–Trinajstić information content (AvgIpc) is 2.53. The van der Waals surface area contributed by atoms with Gasteiger partial charge in [-0.3, -0.25) is 9.36 Å². The summed E-state index contributed by atoms with van der Waals surface area (Å²) in [5.41, 5.74) is -0.435. The standard InChI is InChI=1S/C8H15O5P/c1-3-12-14(10,13-4-2)7-5-8(9)11-6-7/h7H,3-6H2,1-2H3/t7-/m0/s1. The molecule has 1 aliphatic heterocycles. The molecule has 0 spiro atoms. The summed E-state index contributed by atoms with van der Waals surface area (Å²) in [5, 5.41) is 0. The maximum Gasteiger partial charge on any atom is 0.337 e. The molecule has 1 rings (SSSR count). The molecule has 0 bridgehead atoms. The third-order valence-electron chi connectivity index (χ3n) is 1.90. The van der Waals surface area contributed by atoms with Crippen LogP contribution in [0.25, 0.3) is 0 Å². The van der Waals surface area contributed by atoms with Crippen molar-refractivity contribution in [3.8, 4) is 0 Å². The Bertz CT molecular complexity index is 242. The second-order valence-electron chi connectivity index (χ2n) is 2.92. The molecule has 0 unspecified atom stereocenters. The highest BCUT2D eigenvalue weighted by molar-refractivity contribution is 7.54. The van der Waals surface area contributed by atoms with E-state index in [9.17, 15) is 9.36 Å². The largest absolute Gasteiger partial charge is 0.465 e. The number of hydrogen-bond acceptors (Lipinski definition) is 5. The minimum absolute atomic E-state index is 0.122. The van der Waals surface area contributed by atoms with E-state index in [0.29, 0.717) is 13.2 Å². The van der Waals surface area contributed by atoms with Crippen LogP contribution in [-0.2, 0) is 23.1 Å². The fourth-order valence-electron chi connectivity index (χ4n) is 1.31. The Labute approximate surface area is 83.3 Å². The maximum absolute atomic E-state index is 12.1. The highest BCUT2D eigenvalue weighted by atomic mass is 31.2. The summed E-state index contributed by atoms with van der Waals surface area (Å²) in [6.07, 6.45) is 0.122. The first kappa shape index (κ1) is 11.7. The van der Waals surface area contributed by atoms with Crippen molar-refractivity contribution in [2.45, 2.75) is 25.9 Å². The zero-order valence-corrected chi connectivity index (χ0v) is 9.29. The van der Waals surface area contributed by atoms with Crippen LogP contribution in [0.5, 0.6) is 0 Å². The van der Waals surface area contributed by atoms with Crippen molar-refractivity contribution in [3.05, 3.63) is 0 Å². The molecule has 6 heteroatoms. The number of carbonyl (C=O) groups excluding carboxylic acids is 1. The molecular formula is C8H15O5P. The van der Waals surface area contributed by atoms with Gasteiger partial charge in [0, 0.05) is 0 Å². The molecular weight excluding hydrogens is 207 g/mol. The number of ether oxygens (including phenoxy) is 1. The maximum atomic E-state index is 12.1. The van der Waals surface area contributed by atoms with E-state index < -0.39 is 13.3 Å². The topological polar surface area (TPSA) is 61.8 Å². The van der Waals surface area contributed by atoms with Crippen molar-refractivity contribution in [1.29, 1.82) is 0 Å². The molecule has 0 amide bonds. The van der Waals surface area contributed by atoms with Crippen LogP contribution >= 0.6 is 7.60 Å². The van der Waals surface area contributed by atoms with Crippen molar-refractivity contribution in [1.82, 2.24) is 0 Å². The summed E-state index contributed by atoms with van der Waals surface area (Å²) >= 11 is 0. The lowest BCUT2D eigenvalue weighted by atomic mass is 10.4. The lowest BCUT2D eigenvalue weighted by molar-refractivity contribution is -0.137. The minimum Gasteiger partial charge on any atom is -0.465 e. The van der Waals surface area contributed by atoms with Crippen LogP contribution in [0, 0.1) is 0 Å². The summed E-state index contributed by atoms with van der Waals surface area (Å²) in [6, 6.07) is 0. The van der Waals surface area contributed by atoms with Gasteiger partial charge in [0.15, 0.2) is 0 Å². The third kappa shape index (κ3) is 2.56. The molecule has 0 N–H and O–H groups in total. The summed E-state index contributed by atoms with van der Waals surface area (Å²) in [6.45, 7) is 4.23. The van der Waals surface area contributed by atoms with Crippen molar-refractivity contribution >= 4 is 13.6 Å². The zero-order valence-electron chi connectivity index (χ0n) is 8.39. The highest BCUT2D eigenvalue weighted by Gasteiger charge is 2.41. The molecule has 5 nitrogen and oxygen atoms in total. The van der Waals surface area contributed by atoms with Crippen LogP contribution < -0.4 is 0 Å². The molecule has 0 aromatic rings. The molecule has 1 atom stereocenters. The second-order valence-corrected chi connectivity index (χ2v) is 5.24. The highest BCUT2D eigenvalue weighted by Crippen LogP contribution is 2.55. The molecule has 1 aliphatic rings. The van der Waals surface area contributed by atoms with Crippen molar-refractivity contribution in [2.75, 3.05) is 19.8 Å². The van der Waals surface area contributed by atoms with E-state index >= 15 is 0 Å². The van der Waals surface area contributed by atoms with Crippen LogP contribution in [0.15, 0.2) is 0 Å². The average molecular weight is 222 g/mol. The van der Waals surface area contributed by atoms with Gasteiger partial charge >= 0.3 is 13.6 Å². The molecule has 1 heterocycles. The van der Waals surface area contributed by atoms with E-state index in [2.05, 4.69) is 0 Å². The van der Waals surface area contributed by atoms with Gasteiger partial charge in [-0.05, 0) is 13.8 Å². The zero-order chi connectivity index (χ0) is 10.6. The van der Waals surface area contributed by atoms with Gasteiger partial charge < -0.3 is 13.8 Å². The lowest BCUT2D eigenvalue weighted by Crippen LogP contribution is -2.13. The Morgan fingerprint density at radius 1 is 1.43 bits per heavy atom. The van der Waals surface area contributed by atoms with Crippen molar-refractivity contribution in [2.24, 2.45) is 0 Å². The Kier molecular flexibility index (Phi) is 4.11. The minimum atomic E-state index is -3.15. The Morgan fingerprint density at radius 2 is 2.00 bits per heavy atom. The first-order valence-corrected chi connectivity index (χ1v) is 6.28. The molecule has 0 aromatic carbocycles. The first-order valence-electron chi connectivity index (χ1n) is 4.66. The van der Waals surface area contributed by atoms with E-state index in [0.717, 1.165) is 0 Å². The van der Waals surface area contributed by atoms with Crippen LogP contribution in [0.2, 0.25) is 0 Å². The summed E-state index contributed by atoms with van der Waals surface area (Å²) < 4.78 is 27.0. The van der Waals surface area contributed by atoms with Gasteiger partial charge in [0.25, 0.3) is 0 Å². The fraction of sp³-hybridized carbons (Fsp3) is 0.875. The molecule has 0 aliphatic carbocycles. The molecule has 82 valence electrons. The number of rotatable bonds is 5. The number of cyclic esters (lactones) is 1. The van der Waals surface area contributed by atoms with Crippen LogP contribution in [0.3, 0.4) is 0 Å². The molecule has 1 saturated heterocycles. The smallest absolute Gasteiger partial charge is 0.337 e. The quantitative estimate of drug-likeness (QED) is 0.522. The number of esters is 1. The second kappa shape index (κ2) is 4.91. The molecule has 14 heavy (non-hydrogen) atoms. The van der Waals surface area contributed by atoms with Gasteiger partial charge in [0.05, 0.1) is 19.6 Å². The Balaban J connectivity index is 2.66. The van der Waals surface area contributed by atoms with Crippen molar-refractivity contribution < 1.29 is 23.1 Å². The monoisotopic (exact) mass is 222 g/mol. The van der Waals surface area contributed by atoms with Crippen LogP contribution in [0.1, 0.15) is 20.3 Å².